The largest absolute Gasteiger partial charge is 0.459 e. The summed E-state index contributed by atoms with van der Waals surface area (Å²) in [6.07, 6.45) is 3.82. The summed E-state index contributed by atoms with van der Waals surface area (Å²) >= 11 is 0. The number of aryl methyl sites for hydroxylation is 1. The smallest absolute Gasteiger partial charge is 0.195 e. The molecule has 2 unspecified atom stereocenters. The third kappa shape index (κ3) is 2.52. The van der Waals surface area contributed by atoms with E-state index in [1.807, 2.05) is 7.05 Å². The Morgan fingerprint density at radius 2 is 2.29 bits per heavy atom. The Labute approximate surface area is 131 Å². The quantitative estimate of drug-likeness (QED) is 0.673. The van der Waals surface area contributed by atoms with E-state index in [1.54, 1.807) is 0 Å². The predicted octanol–water partition coefficient (Wildman–Crippen LogP) is 1.29. The molecule has 0 amide bonds. The van der Waals surface area contributed by atoms with E-state index in [-0.39, 0.29) is 12.4 Å². The summed E-state index contributed by atoms with van der Waals surface area (Å²) in [6.45, 7) is 2.78. The van der Waals surface area contributed by atoms with Crippen molar-refractivity contribution in [3.8, 4) is 0 Å². The van der Waals surface area contributed by atoms with Crippen molar-refractivity contribution < 1.29 is 4.42 Å². The van der Waals surface area contributed by atoms with Crippen LogP contribution in [0.2, 0.25) is 0 Å². The molecule has 1 aromatic heterocycles. The number of nitrogens with two attached hydrogens (primary N) is 2. The number of nitrogens with one attached hydrogen (secondary N) is 2. The minimum absolute atomic E-state index is 0. The van der Waals surface area contributed by atoms with Crippen molar-refractivity contribution in [2.45, 2.75) is 38.3 Å². The molecule has 0 aromatic carbocycles. The average Bonchev–Trinajstić information content (AvgIpc) is 2.78. The number of halogens is 1. The Morgan fingerprint density at radius 1 is 1.52 bits per heavy atom. The van der Waals surface area contributed by atoms with Gasteiger partial charge in [0.15, 0.2) is 17.4 Å². The molecule has 0 saturated carbocycles. The molecule has 0 saturated heterocycles. The first-order valence-corrected chi connectivity index (χ1v) is 7.26. The normalized spacial score (nSPS) is 27.0. The van der Waals surface area contributed by atoms with Crippen molar-refractivity contribution in [1.29, 1.82) is 0 Å². The summed E-state index contributed by atoms with van der Waals surface area (Å²) in [5.41, 5.74) is 13.3. The summed E-state index contributed by atoms with van der Waals surface area (Å²) in [7, 11) is 1.87. The molecule has 0 bridgehead atoms. The van der Waals surface area contributed by atoms with E-state index in [1.165, 1.54) is 12.0 Å². The zero-order chi connectivity index (χ0) is 14.3. The topological polar surface area (TPSA) is 102 Å². The maximum Gasteiger partial charge on any atom is 0.195 e. The molecule has 7 heteroatoms. The molecule has 1 aliphatic carbocycles. The maximum absolute atomic E-state index is 6.14. The van der Waals surface area contributed by atoms with Crippen molar-refractivity contribution in [1.82, 2.24) is 5.32 Å². The number of hydrogen-bond acceptors (Lipinski definition) is 6. The Balaban J connectivity index is 0.00000161. The van der Waals surface area contributed by atoms with Crippen LogP contribution in [0.4, 0.5) is 5.69 Å². The molecule has 3 rings (SSSR count). The van der Waals surface area contributed by atoms with Gasteiger partial charge in [-0.15, -0.1) is 12.4 Å². The number of hydrogen-bond donors (Lipinski definition) is 4. The van der Waals surface area contributed by atoms with Gasteiger partial charge < -0.3 is 21.2 Å². The van der Waals surface area contributed by atoms with Crippen molar-refractivity contribution >= 4 is 24.1 Å². The highest BCUT2D eigenvalue weighted by Gasteiger charge is 2.42. The molecule has 2 aliphatic rings. The Morgan fingerprint density at radius 3 is 2.95 bits per heavy atom. The minimum atomic E-state index is -0.639. The molecule has 6 nitrogen and oxygen atoms in total. The molecule has 1 aliphatic heterocycles. The van der Waals surface area contributed by atoms with Crippen LogP contribution >= 0.6 is 12.4 Å². The number of guanidine groups is 1. The Bertz CT molecular complexity index is 556. The van der Waals surface area contributed by atoms with Gasteiger partial charge in [0.25, 0.3) is 0 Å². The molecule has 21 heavy (non-hydrogen) atoms. The number of furan rings is 1. The highest BCUT2D eigenvalue weighted by atomic mass is 35.5. The monoisotopic (exact) mass is 313 g/mol. The van der Waals surface area contributed by atoms with E-state index in [9.17, 15) is 0 Å². The van der Waals surface area contributed by atoms with E-state index in [0.29, 0.717) is 24.8 Å². The van der Waals surface area contributed by atoms with E-state index in [2.05, 4.69) is 22.5 Å². The van der Waals surface area contributed by atoms with Gasteiger partial charge in [-0.3, -0.25) is 5.32 Å². The zero-order valence-electron chi connectivity index (χ0n) is 12.5. The van der Waals surface area contributed by atoms with Crippen LogP contribution in [-0.4, -0.2) is 19.6 Å². The average molecular weight is 314 g/mol. The summed E-state index contributed by atoms with van der Waals surface area (Å²) in [4.78, 5) is 4.52. The van der Waals surface area contributed by atoms with Crippen molar-refractivity contribution in [3.05, 3.63) is 17.1 Å². The Hall–Kier alpha value is -1.24. The van der Waals surface area contributed by atoms with Crippen LogP contribution in [-0.2, 0) is 18.5 Å². The lowest BCUT2D eigenvalue weighted by Gasteiger charge is -2.32. The van der Waals surface area contributed by atoms with Crippen LogP contribution in [0.15, 0.2) is 9.41 Å². The Kier molecular flexibility index (Phi) is 4.51. The van der Waals surface area contributed by atoms with Crippen molar-refractivity contribution in [3.63, 3.8) is 0 Å². The summed E-state index contributed by atoms with van der Waals surface area (Å²) in [6, 6.07) is 0. The van der Waals surface area contributed by atoms with Crippen LogP contribution in [0, 0.1) is 5.92 Å². The first kappa shape index (κ1) is 16.1. The van der Waals surface area contributed by atoms with E-state index >= 15 is 0 Å². The van der Waals surface area contributed by atoms with Gasteiger partial charge >= 0.3 is 0 Å². The molecular formula is C14H24ClN5O. The number of anilines is 1. The van der Waals surface area contributed by atoms with Gasteiger partial charge in [-0.05, 0) is 32.4 Å². The summed E-state index contributed by atoms with van der Waals surface area (Å²) in [5, 5.41) is 6.43. The van der Waals surface area contributed by atoms with Crippen LogP contribution in [0.1, 0.15) is 36.8 Å². The lowest BCUT2D eigenvalue weighted by atomic mass is 9.87. The van der Waals surface area contributed by atoms with Gasteiger partial charge in [0, 0.05) is 18.4 Å². The highest BCUT2D eigenvalue weighted by Crippen LogP contribution is 2.43. The van der Waals surface area contributed by atoms with Crippen LogP contribution in [0.25, 0.3) is 0 Å². The zero-order valence-corrected chi connectivity index (χ0v) is 13.3. The molecular weight excluding hydrogens is 290 g/mol. The lowest BCUT2D eigenvalue weighted by molar-refractivity contribution is 0.272. The molecule has 6 N–H and O–H groups in total. The van der Waals surface area contributed by atoms with Gasteiger partial charge in [0.1, 0.15) is 5.76 Å². The predicted molar refractivity (Wildman–Crippen MR) is 86.8 cm³/mol. The van der Waals surface area contributed by atoms with Gasteiger partial charge in [-0.25, -0.2) is 4.99 Å². The lowest BCUT2D eigenvalue weighted by Crippen LogP contribution is -2.46. The van der Waals surface area contributed by atoms with E-state index in [0.717, 1.165) is 30.0 Å². The third-order valence-corrected chi connectivity index (χ3v) is 4.37. The molecule has 0 radical (unpaired) electrons. The van der Waals surface area contributed by atoms with Crippen molar-refractivity contribution in [2.24, 2.45) is 22.4 Å². The second-order valence-electron chi connectivity index (χ2n) is 5.83. The second-order valence-corrected chi connectivity index (χ2v) is 5.83. The summed E-state index contributed by atoms with van der Waals surface area (Å²) in [5.74, 6) is 2.99. The minimum Gasteiger partial charge on any atom is -0.459 e. The molecule has 2 heterocycles. The first-order valence-electron chi connectivity index (χ1n) is 7.26. The molecule has 1 aromatic rings. The number of nitrogens with zero attached hydrogens (tertiary/aromatic N) is 1. The van der Waals surface area contributed by atoms with Crippen LogP contribution in [0.5, 0.6) is 0 Å². The third-order valence-electron chi connectivity index (χ3n) is 4.37. The molecule has 118 valence electrons. The second kappa shape index (κ2) is 5.87. The summed E-state index contributed by atoms with van der Waals surface area (Å²) < 4.78 is 6.14. The van der Waals surface area contributed by atoms with Gasteiger partial charge in [-0.2, -0.15) is 0 Å². The van der Waals surface area contributed by atoms with Crippen LogP contribution in [0.3, 0.4) is 0 Å². The molecule has 2 atom stereocenters. The van der Waals surface area contributed by atoms with Gasteiger partial charge in [-0.1, -0.05) is 6.92 Å². The van der Waals surface area contributed by atoms with E-state index in [4.69, 9.17) is 15.9 Å². The van der Waals surface area contributed by atoms with Crippen LogP contribution < -0.4 is 22.1 Å². The standard InChI is InChI=1S/C14H23N5O.ClH/c1-8-3-4-10-9(7-8)11-12(20-10)14(17-2,5-6-15)19-13(16)18-11;/h8,17H,3-7,15H2,1-2H3,(H3,16,18,19);1H. The SMILES string of the molecule is CNC1(CCN)N=C(N)Nc2c1oc1c2CC(C)CC1.Cl. The maximum atomic E-state index is 6.14. The number of fused-ring (bicyclic) bond motifs is 3. The van der Waals surface area contributed by atoms with Gasteiger partial charge in [0.2, 0.25) is 0 Å². The fraction of sp³-hybridized carbons (Fsp3) is 0.643. The first-order chi connectivity index (χ1) is 9.59. The van der Waals surface area contributed by atoms with Crippen molar-refractivity contribution in [2.75, 3.05) is 18.9 Å². The number of aliphatic imine (C=N–C) groups is 1. The van der Waals surface area contributed by atoms with Gasteiger partial charge in [0.05, 0.1) is 5.69 Å². The fourth-order valence-corrected chi connectivity index (χ4v) is 3.27. The fourth-order valence-electron chi connectivity index (χ4n) is 3.27. The van der Waals surface area contributed by atoms with E-state index < -0.39 is 5.66 Å². The highest BCUT2D eigenvalue weighted by molar-refractivity contribution is 5.96. The molecule has 0 fully saturated rings. The number of rotatable bonds is 3. The molecule has 0 spiro atoms.